The molecule has 3 aromatic rings. The number of halogens is 3. The van der Waals surface area contributed by atoms with E-state index < -0.39 is 17.5 Å². The summed E-state index contributed by atoms with van der Waals surface area (Å²) in [6.45, 7) is 1.89. The maximum atomic E-state index is 13.2. The van der Waals surface area contributed by atoms with Gasteiger partial charge in [-0.2, -0.15) is 0 Å². The number of anilines is 3. The normalized spacial score (nSPS) is 10.5. The van der Waals surface area contributed by atoms with Gasteiger partial charge in [0, 0.05) is 28.7 Å². The minimum atomic E-state index is -1.05. The first-order valence-corrected chi connectivity index (χ1v) is 7.93. The monoisotopic (exact) mass is 374 g/mol. The van der Waals surface area contributed by atoms with Crippen LogP contribution in [0.1, 0.15) is 16.1 Å². The molecule has 0 spiro atoms. The van der Waals surface area contributed by atoms with E-state index in [-0.39, 0.29) is 17.3 Å². The first-order valence-electron chi connectivity index (χ1n) is 7.55. The summed E-state index contributed by atoms with van der Waals surface area (Å²) in [7, 11) is 0. The average Bonchev–Trinajstić information content (AvgIpc) is 2.61. The highest BCUT2D eigenvalue weighted by Crippen LogP contribution is 2.22. The first-order chi connectivity index (χ1) is 12.4. The lowest BCUT2D eigenvalue weighted by Crippen LogP contribution is -2.15. The van der Waals surface area contributed by atoms with Gasteiger partial charge in [0.1, 0.15) is 5.69 Å². The topological polar surface area (TPSA) is 66.9 Å². The molecule has 1 aromatic heterocycles. The van der Waals surface area contributed by atoms with E-state index in [1.54, 1.807) is 12.1 Å². The Hall–Kier alpha value is -3.06. The Morgan fingerprint density at radius 2 is 1.88 bits per heavy atom. The van der Waals surface area contributed by atoms with Crippen molar-refractivity contribution in [3.05, 3.63) is 76.6 Å². The van der Waals surface area contributed by atoms with Crippen LogP contribution in [0.5, 0.6) is 0 Å². The first kappa shape index (κ1) is 17.8. The van der Waals surface area contributed by atoms with Crippen molar-refractivity contribution in [3.63, 3.8) is 0 Å². The number of aromatic nitrogens is 2. The molecule has 1 heterocycles. The zero-order valence-corrected chi connectivity index (χ0v) is 14.3. The number of hydrogen-bond donors (Lipinski definition) is 2. The van der Waals surface area contributed by atoms with Crippen molar-refractivity contribution in [3.8, 4) is 0 Å². The minimum Gasteiger partial charge on any atom is -0.324 e. The molecule has 8 heteroatoms. The van der Waals surface area contributed by atoms with E-state index in [1.165, 1.54) is 18.3 Å². The fraction of sp³-hybridized carbons (Fsp3) is 0.0556. The molecule has 26 heavy (non-hydrogen) atoms. The third kappa shape index (κ3) is 4.12. The standard InChI is InChI=1S/C18H13ClF2N4O/c1-10-2-3-11(19)8-16(10)25-18-22-7-6-15(24-18)17(26)23-12-4-5-13(20)14(21)9-12/h2-9H,1H3,(H,23,26)(H,22,24,25). The highest BCUT2D eigenvalue weighted by atomic mass is 35.5. The molecule has 3 rings (SSSR count). The van der Waals surface area contributed by atoms with Gasteiger partial charge in [-0.3, -0.25) is 4.79 Å². The van der Waals surface area contributed by atoms with Crippen LogP contribution in [-0.2, 0) is 0 Å². The van der Waals surface area contributed by atoms with Gasteiger partial charge < -0.3 is 10.6 Å². The van der Waals surface area contributed by atoms with Gasteiger partial charge in [-0.05, 0) is 42.8 Å². The Morgan fingerprint density at radius 3 is 2.65 bits per heavy atom. The van der Waals surface area contributed by atoms with Crippen LogP contribution in [0, 0.1) is 18.6 Å². The average molecular weight is 375 g/mol. The SMILES string of the molecule is Cc1ccc(Cl)cc1Nc1nccc(C(=O)Nc2ccc(F)c(F)c2)n1. The third-order valence-electron chi connectivity index (χ3n) is 3.51. The maximum absolute atomic E-state index is 13.2. The van der Waals surface area contributed by atoms with Gasteiger partial charge in [0.2, 0.25) is 5.95 Å². The molecular formula is C18H13ClF2N4O. The van der Waals surface area contributed by atoms with Gasteiger partial charge in [0.05, 0.1) is 0 Å². The van der Waals surface area contributed by atoms with E-state index in [0.717, 1.165) is 17.7 Å². The molecule has 0 aliphatic heterocycles. The van der Waals surface area contributed by atoms with Crippen molar-refractivity contribution < 1.29 is 13.6 Å². The molecule has 132 valence electrons. The van der Waals surface area contributed by atoms with E-state index in [1.807, 2.05) is 13.0 Å². The summed E-state index contributed by atoms with van der Waals surface area (Å²) in [5.74, 6) is -2.42. The van der Waals surface area contributed by atoms with Gasteiger partial charge in [0.25, 0.3) is 5.91 Å². The van der Waals surface area contributed by atoms with Gasteiger partial charge in [-0.15, -0.1) is 0 Å². The molecule has 0 radical (unpaired) electrons. The largest absolute Gasteiger partial charge is 0.324 e. The fourth-order valence-electron chi connectivity index (χ4n) is 2.16. The zero-order valence-electron chi connectivity index (χ0n) is 13.6. The lowest BCUT2D eigenvalue weighted by Gasteiger charge is -2.10. The van der Waals surface area contributed by atoms with Crippen LogP contribution in [0.3, 0.4) is 0 Å². The Bertz CT molecular complexity index is 981. The van der Waals surface area contributed by atoms with E-state index in [2.05, 4.69) is 20.6 Å². The Kier molecular flexibility index (Phi) is 5.09. The summed E-state index contributed by atoms with van der Waals surface area (Å²) >= 11 is 5.98. The van der Waals surface area contributed by atoms with E-state index >= 15 is 0 Å². The second-order valence-corrected chi connectivity index (χ2v) is 5.87. The minimum absolute atomic E-state index is 0.0620. The molecule has 0 atom stereocenters. The van der Waals surface area contributed by atoms with E-state index in [0.29, 0.717) is 10.7 Å². The van der Waals surface area contributed by atoms with Gasteiger partial charge in [-0.25, -0.2) is 18.7 Å². The Labute approximate surface area is 153 Å². The smallest absolute Gasteiger partial charge is 0.274 e. The summed E-state index contributed by atoms with van der Waals surface area (Å²) in [5.41, 5.74) is 1.81. The van der Waals surface area contributed by atoms with E-state index in [9.17, 15) is 13.6 Å². The quantitative estimate of drug-likeness (QED) is 0.694. The zero-order chi connectivity index (χ0) is 18.7. The number of amides is 1. The molecule has 0 saturated carbocycles. The summed E-state index contributed by atoms with van der Waals surface area (Å²) in [4.78, 5) is 20.5. The number of rotatable bonds is 4. The van der Waals surface area contributed by atoms with Crippen LogP contribution < -0.4 is 10.6 Å². The third-order valence-corrected chi connectivity index (χ3v) is 3.75. The summed E-state index contributed by atoms with van der Waals surface area (Å²) < 4.78 is 26.2. The summed E-state index contributed by atoms with van der Waals surface area (Å²) in [5, 5.41) is 5.99. The van der Waals surface area contributed by atoms with Crippen molar-refractivity contribution in [1.82, 2.24) is 9.97 Å². The number of nitrogens with one attached hydrogen (secondary N) is 2. The number of carbonyl (C=O) groups excluding carboxylic acids is 1. The number of hydrogen-bond acceptors (Lipinski definition) is 4. The molecule has 0 fully saturated rings. The summed E-state index contributed by atoms with van der Waals surface area (Å²) in [6.07, 6.45) is 1.41. The van der Waals surface area contributed by atoms with Crippen LogP contribution in [0.2, 0.25) is 5.02 Å². The van der Waals surface area contributed by atoms with Gasteiger partial charge >= 0.3 is 0 Å². The summed E-state index contributed by atoms with van der Waals surface area (Å²) in [6, 6.07) is 9.80. The second kappa shape index (κ2) is 7.45. The predicted octanol–water partition coefficient (Wildman–Crippen LogP) is 4.71. The molecule has 2 N–H and O–H groups in total. The molecule has 1 amide bonds. The fourth-order valence-corrected chi connectivity index (χ4v) is 2.34. The van der Waals surface area contributed by atoms with Crippen molar-refractivity contribution in [2.45, 2.75) is 6.92 Å². The van der Waals surface area contributed by atoms with Crippen LogP contribution in [0.4, 0.5) is 26.1 Å². The van der Waals surface area contributed by atoms with Crippen molar-refractivity contribution in [2.24, 2.45) is 0 Å². The molecule has 0 aliphatic rings. The highest BCUT2D eigenvalue weighted by Gasteiger charge is 2.11. The van der Waals surface area contributed by atoms with Crippen LogP contribution >= 0.6 is 11.6 Å². The molecule has 0 aliphatic carbocycles. The van der Waals surface area contributed by atoms with E-state index in [4.69, 9.17) is 11.6 Å². The lowest BCUT2D eigenvalue weighted by molar-refractivity contribution is 0.102. The second-order valence-electron chi connectivity index (χ2n) is 5.43. The Balaban J connectivity index is 1.78. The highest BCUT2D eigenvalue weighted by molar-refractivity contribution is 6.30. The maximum Gasteiger partial charge on any atom is 0.274 e. The number of aryl methyl sites for hydroxylation is 1. The van der Waals surface area contributed by atoms with Crippen molar-refractivity contribution >= 4 is 34.8 Å². The van der Waals surface area contributed by atoms with Crippen LogP contribution in [0.25, 0.3) is 0 Å². The number of benzene rings is 2. The predicted molar refractivity (Wildman–Crippen MR) is 95.8 cm³/mol. The lowest BCUT2D eigenvalue weighted by atomic mass is 10.2. The van der Waals surface area contributed by atoms with Gasteiger partial charge in [0.15, 0.2) is 11.6 Å². The van der Waals surface area contributed by atoms with Gasteiger partial charge in [-0.1, -0.05) is 17.7 Å². The molecule has 2 aromatic carbocycles. The molecule has 0 saturated heterocycles. The molecule has 5 nitrogen and oxygen atoms in total. The number of nitrogens with zero attached hydrogens (tertiary/aromatic N) is 2. The van der Waals surface area contributed by atoms with Crippen molar-refractivity contribution in [1.29, 1.82) is 0 Å². The van der Waals surface area contributed by atoms with Crippen molar-refractivity contribution in [2.75, 3.05) is 10.6 Å². The number of carbonyl (C=O) groups is 1. The molecule has 0 unspecified atom stereocenters. The van der Waals surface area contributed by atoms with Crippen LogP contribution in [0.15, 0.2) is 48.7 Å². The molecule has 0 bridgehead atoms. The van der Waals surface area contributed by atoms with Crippen LogP contribution in [-0.4, -0.2) is 15.9 Å². The Morgan fingerprint density at radius 1 is 1.08 bits per heavy atom. The molecular weight excluding hydrogens is 362 g/mol.